The Morgan fingerprint density at radius 2 is 2.06 bits per heavy atom. The van der Waals surface area contributed by atoms with Crippen molar-refractivity contribution in [2.45, 2.75) is 32.0 Å². The predicted molar refractivity (Wildman–Crippen MR) is 60.0 cm³/mol. The van der Waals surface area contributed by atoms with Gasteiger partial charge in [-0.1, -0.05) is 6.92 Å². The van der Waals surface area contributed by atoms with Crippen LogP contribution in [-0.2, 0) is 12.6 Å². The molecule has 0 aromatic carbocycles. The van der Waals surface area contributed by atoms with E-state index in [4.69, 9.17) is 5.73 Å². The summed E-state index contributed by atoms with van der Waals surface area (Å²) in [5.41, 5.74) is 5.44. The molecule has 0 amide bonds. The smallest absolute Gasteiger partial charge is 0.327 e. The third-order valence-electron chi connectivity index (χ3n) is 2.77. The predicted octanol–water partition coefficient (Wildman–Crippen LogP) is 2.03. The van der Waals surface area contributed by atoms with E-state index in [0.717, 1.165) is 18.7 Å². The second kappa shape index (κ2) is 4.56. The zero-order chi connectivity index (χ0) is 13.3. The molecule has 0 fully saturated rings. The van der Waals surface area contributed by atoms with Gasteiger partial charge in [-0.15, -0.1) is 10.2 Å². The number of nitrogens with zero attached hydrogens (tertiary/aromatic N) is 3. The van der Waals surface area contributed by atoms with Crippen LogP contribution in [0.15, 0.2) is 18.3 Å². The quantitative estimate of drug-likeness (QED) is 0.916. The van der Waals surface area contributed by atoms with Crippen LogP contribution in [0.25, 0.3) is 5.65 Å². The van der Waals surface area contributed by atoms with Gasteiger partial charge in [0.2, 0.25) is 0 Å². The molecule has 0 aliphatic carbocycles. The molecule has 1 atom stereocenters. The molecule has 2 N–H and O–H groups in total. The molecule has 2 heterocycles. The number of pyridine rings is 1. The third-order valence-corrected chi connectivity index (χ3v) is 2.77. The van der Waals surface area contributed by atoms with Gasteiger partial charge in [0.05, 0.1) is 5.56 Å². The third kappa shape index (κ3) is 2.45. The number of alkyl halides is 3. The summed E-state index contributed by atoms with van der Waals surface area (Å²) in [6, 6.07) is 2.16. The Hall–Kier alpha value is -1.63. The molecule has 0 radical (unpaired) electrons. The highest BCUT2D eigenvalue weighted by Gasteiger charge is 2.31. The topological polar surface area (TPSA) is 56.2 Å². The fraction of sp³-hybridized carbons (Fsp3) is 0.455. The summed E-state index contributed by atoms with van der Waals surface area (Å²) in [6.45, 7) is 1.91. The molecule has 0 bridgehead atoms. The standard InChI is InChI=1S/C11H13F3N4/c1-2-8(15)5-10-17-16-9-4-3-7(6-18(9)10)11(12,13)14/h3-4,6,8H,2,5,15H2,1H3. The lowest BCUT2D eigenvalue weighted by atomic mass is 10.1. The van der Waals surface area contributed by atoms with Crippen molar-refractivity contribution in [1.29, 1.82) is 0 Å². The fourth-order valence-corrected chi connectivity index (χ4v) is 1.62. The molecule has 98 valence electrons. The molecule has 0 spiro atoms. The molecule has 2 rings (SSSR count). The van der Waals surface area contributed by atoms with Gasteiger partial charge in [-0.05, 0) is 18.6 Å². The lowest BCUT2D eigenvalue weighted by Crippen LogP contribution is -2.22. The van der Waals surface area contributed by atoms with Crippen molar-refractivity contribution in [3.05, 3.63) is 29.7 Å². The number of nitrogens with two attached hydrogens (primary N) is 1. The maximum atomic E-state index is 12.6. The van der Waals surface area contributed by atoms with Crippen molar-refractivity contribution < 1.29 is 13.2 Å². The van der Waals surface area contributed by atoms with Gasteiger partial charge in [0.1, 0.15) is 5.82 Å². The molecule has 18 heavy (non-hydrogen) atoms. The van der Waals surface area contributed by atoms with Gasteiger partial charge in [-0.25, -0.2) is 0 Å². The van der Waals surface area contributed by atoms with Crippen molar-refractivity contribution in [3.8, 4) is 0 Å². The number of hydrogen-bond donors (Lipinski definition) is 1. The van der Waals surface area contributed by atoms with E-state index >= 15 is 0 Å². The van der Waals surface area contributed by atoms with Crippen molar-refractivity contribution in [2.24, 2.45) is 5.73 Å². The molecular formula is C11H13F3N4. The Morgan fingerprint density at radius 3 is 2.67 bits per heavy atom. The van der Waals surface area contributed by atoms with Crippen molar-refractivity contribution in [2.75, 3.05) is 0 Å². The van der Waals surface area contributed by atoms with Gasteiger partial charge in [-0.3, -0.25) is 4.40 Å². The zero-order valence-corrected chi connectivity index (χ0v) is 9.78. The van der Waals surface area contributed by atoms with Crippen LogP contribution in [0.1, 0.15) is 24.7 Å². The van der Waals surface area contributed by atoms with E-state index in [9.17, 15) is 13.2 Å². The van der Waals surface area contributed by atoms with E-state index in [2.05, 4.69) is 10.2 Å². The highest BCUT2D eigenvalue weighted by Crippen LogP contribution is 2.29. The maximum absolute atomic E-state index is 12.6. The van der Waals surface area contributed by atoms with Crippen LogP contribution in [0.3, 0.4) is 0 Å². The molecule has 2 aromatic heterocycles. The summed E-state index contributed by atoms with van der Waals surface area (Å²) in [5.74, 6) is 0.449. The van der Waals surface area contributed by atoms with Crippen LogP contribution in [-0.4, -0.2) is 20.6 Å². The molecule has 4 nitrogen and oxygen atoms in total. The Kier molecular flexibility index (Phi) is 3.25. The van der Waals surface area contributed by atoms with Crippen molar-refractivity contribution in [1.82, 2.24) is 14.6 Å². The van der Waals surface area contributed by atoms with Gasteiger partial charge in [0.15, 0.2) is 5.65 Å². The molecule has 0 aliphatic rings. The van der Waals surface area contributed by atoms with E-state index in [1.54, 1.807) is 0 Å². The summed E-state index contributed by atoms with van der Waals surface area (Å²) in [5, 5.41) is 7.69. The van der Waals surface area contributed by atoms with Gasteiger partial charge in [-0.2, -0.15) is 13.2 Å². The van der Waals surface area contributed by atoms with Gasteiger partial charge >= 0.3 is 6.18 Å². The Balaban J connectivity index is 2.43. The SMILES string of the molecule is CCC(N)Cc1nnc2ccc(C(F)(F)F)cn12. The molecule has 2 aromatic rings. The fourth-order valence-electron chi connectivity index (χ4n) is 1.62. The Labute approximate surface area is 102 Å². The minimum atomic E-state index is -4.37. The first-order chi connectivity index (χ1) is 8.41. The van der Waals surface area contributed by atoms with Gasteiger partial charge in [0.25, 0.3) is 0 Å². The van der Waals surface area contributed by atoms with Crippen LogP contribution in [0.2, 0.25) is 0 Å². The number of hydrogen-bond acceptors (Lipinski definition) is 3. The van der Waals surface area contributed by atoms with Crippen LogP contribution >= 0.6 is 0 Å². The van der Waals surface area contributed by atoms with Gasteiger partial charge < -0.3 is 5.73 Å². The van der Waals surface area contributed by atoms with Crippen molar-refractivity contribution in [3.63, 3.8) is 0 Å². The number of halogens is 3. The van der Waals surface area contributed by atoms with E-state index in [1.165, 1.54) is 10.5 Å². The average molecular weight is 258 g/mol. The average Bonchev–Trinajstić information content (AvgIpc) is 2.70. The summed E-state index contributed by atoms with van der Waals surface area (Å²) in [7, 11) is 0. The Bertz CT molecular complexity index is 547. The normalized spacial score (nSPS) is 14.1. The monoisotopic (exact) mass is 258 g/mol. The molecular weight excluding hydrogens is 245 g/mol. The molecule has 0 aliphatic heterocycles. The summed E-state index contributed by atoms with van der Waals surface area (Å²) in [6.07, 6.45) is -2.23. The largest absolute Gasteiger partial charge is 0.417 e. The van der Waals surface area contributed by atoms with Crippen LogP contribution in [0, 0.1) is 0 Å². The minimum absolute atomic E-state index is 0.132. The van der Waals surface area contributed by atoms with Crippen LogP contribution < -0.4 is 5.73 Å². The van der Waals surface area contributed by atoms with Crippen LogP contribution in [0.5, 0.6) is 0 Å². The number of aromatic nitrogens is 3. The second-order valence-electron chi connectivity index (χ2n) is 4.13. The first kappa shape index (κ1) is 12.8. The Morgan fingerprint density at radius 1 is 1.33 bits per heavy atom. The summed E-state index contributed by atoms with van der Waals surface area (Å²) in [4.78, 5) is 0. The maximum Gasteiger partial charge on any atom is 0.417 e. The highest BCUT2D eigenvalue weighted by molar-refractivity contribution is 5.40. The molecule has 7 heteroatoms. The lowest BCUT2D eigenvalue weighted by Gasteiger charge is -2.09. The summed E-state index contributed by atoms with van der Waals surface area (Å²) >= 11 is 0. The first-order valence-corrected chi connectivity index (χ1v) is 5.58. The number of fused-ring (bicyclic) bond motifs is 1. The zero-order valence-electron chi connectivity index (χ0n) is 9.78. The highest BCUT2D eigenvalue weighted by atomic mass is 19.4. The van der Waals surface area contributed by atoms with E-state index in [-0.39, 0.29) is 6.04 Å². The second-order valence-corrected chi connectivity index (χ2v) is 4.13. The number of rotatable bonds is 3. The minimum Gasteiger partial charge on any atom is -0.327 e. The summed E-state index contributed by atoms with van der Waals surface area (Å²) < 4.78 is 39.2. The van der Waals surface area contributed by atoms with Gasteiger partial charge in [0, 0.05) is 18.7 Å². The molecule has 0 saturated carbocycles. The lowest BCUT2D eigenvalue weighted by molar-refractivity contribution is -0.137. The van der Waals surface area contributed by atoms with Crippen LogP contribution in [0.4, 0.5) is 13.2 Å². The van der Waals surface area contributed by atoms with E-state index in [0.29, 0.717) is 17.9 Å². The molecule has 1 unspecified atom stereocenters. The molecule has 0 saturated heterocycles. The van der Waals surface area contributed by atoms with Crippen molar-refractivity contribution >= 4 is 5.65 Å². The van der Waals surface area contributed by atoms with E-state index < -0.39 is 11.7 Å². The first-order valence-electron chi connectivity index (χ1n) is 5.58. The van der Waals surface area contributed by atoms with E-state index in [1.807, 2.05) is 6.92 Å².